The minimum atomic E-state index is 0.0687. The molecule has 4 rings (SSSR count). The SMILES string of the molecule is NCC1(CC(=O)N2CCC(c3nc4ccccc4s3)CC2)CCCCC1. The van der Waals surface area contributed by atoms with Crippen molar-refractivity contribution in [2.24, 2.45) is 11.1 Å². The molecule has 5 heteroatoms. The molecule has 1 amide bonds. The quantitative estimate of drug-likeness (QED) is 0.871. The second kappa shape index (κ2) is 7.65. The van der Waals surface area contributed by atoms with E-state index >= 15 is 0 Å². The van der Waals surface area contributed by atoms with Crippen LogP contribution in [-0.4, -0.2) is 35.4 Å². The Kier molecular flexibility index (Phi) is 5.28. The average Bonchev–Trinajstić information content (AvgIpc) is 3.13. The van der Waals surface area contributed by atoms with Crippen molar-refractivity contribution in [2.45, 2.75) is 57.3 Å². The highest BCUT2D eigenvalue weighted by Gasteiger charge is 2.35. The van der Waals surface area contributed by atoms with E-state index in [9.17, 15) is 4.79 Å². The summed E-state index contributed by atoms with van der Waals surface area (Å²) in [5, 5.41) is 1.24. The zero-order chi connectivity index (χ0) is 18.0. The van der Waals surface area contributed by atoms with Gasteiger partial charge in [0, 0.05) is 25.4 Å². The normalized spacial score (nSPS) is 21.2. The molecule has 140 valence electrons. The van der Waals surface area contributed by atoms with Gasteiger partial charge in [-0.2, -0.15) is 0 Å². The van der Waals surface area contributed by atoms with Crippen LogP contribution >= 0.6 is 11.3 Å². The van der Waals surface area contributed by atoms with E-state index in [0.29, 0.717) is 24.8 Å². The van der Waals surface area contributed by atoms with Crippen molar-refractivity contribution in [1.82, 2.24) is 9.88 Å². The molecule has 2 heterocycles. The first kappa shape index (κ1) is 17.9. The minimum absolute atomic E-state index is 0.0687. The highest BCUT2D eigenvalue weighted by molar-refractivity contribution is 7.18. The van der Waals surface area contributed by atoms with E-state index in [1.807, 2.05) is 17.4 Å². The van der Waals surface area contributed by atoms with Gasteiger partial charge >= 0.3 is 0 Å². The molecule has 2 N–H and O–H groups in total. The third-order valence-electron chi connectivity index (χ3n) is 6.38. The number of carbonyl (C=O) groups is 1. The summed E-state index contributed by atoms with van der Waals surface area (Å²) in [6.07, 6.45) is 8.70. The summed E-state index contributed by atoms with van der Waals surface area (Å²) in [5.41, 5.74) is 7.25. The van der Waals surface area contributed by atoms with Crippen LogP contribution in [0.15, 0.2) is 24.3 Å². The highest BCUT2D eigenvalue weighted by Crippen LogP contribution is 2.40. The van der Waals surface area contributed by atoms with Gasteiger partial charge in [0.25, 0.3) is 0 Å². The molecule has 2 aliphatic rings. The zero-order valence-electron chi connectivity index (χ0n) is 15.5. The van der Waals surface area contributed by atoms with E-state index in [0.717, 1.165) is 44.3 Å². The molecular formula is C21H29N3OS. The van der Waals surface area contributed by atoms with Gasteiger partial charge in [0.2, 0.25) is 5.91 Å². The van der Waals surface area contributed by atoms with Crippen LogP contribution in [0.4, 0.5) is 0 Å². The number of likely N-dealkylation sites (tertiary alicyclic amines) is 1. The Morgan fingerprint density at radius 1 is 1.19 bits per heavy atom. The molecule has 0 atom stereocenters. The molecule has 1 aromatic carbocycles. The average molecular weight is 372 g/mol. The van der Waals surface area contributed by atoms with E-state index in [1.165, 1.54) is 29.0 Å². The number of thiazole rings is 1. The molecule has 1 aliphatic carbocycles. The fraction of sp³-hybridized carbons (Fsp3) is 0.619. The number of nitrogens with zero attached hydrogens (tertiary/aromatic N) is 2. The smallest absolute Gasteiger partial charge is 0.223 e. The van der Waals surface area contributed by atoms with Crippen molar-refractivity contribution in [2.75, 3.05) is 19.6 Å². The molecule has 0 unspecified atom stereocenters. The molecular weight excluding hydrogens is 342 g/mol. The van der Waals surface area contributed by atoms with Gasteiger partial charge in [0.05, 0.1) is 15.2 Å². The van der Waals surface area contributed by atoms with Gasteiger partial charge in [0.1, 0.15) is 0 Å². The standard InChI is InChI=1S/C21H29N3OS/c22-15-21(10-4-1-5-11-21)14-19(25)24-12-8-16(9-13-24)20-23-17-6-2-3-7-18(17)26-20/h2-3,6-7,16H,1,4-5,8-15,22H2. The Labute approximate surface area is 159 Å². The van der Waals surface area contributed by atoms with Crippen molar-refractivity contribution in [3.8, 4) is 0 Å². The van der Waals surface area contributed by atoms with Crippen molar-refractivity contribution >= 4 is 27.5 Å². The number of nitrogens with two attached hydrogens (primary N) is 1. The van der Waals surface area contributed by atoms with Gasteiger partial charge in [-0.15, -0.1) is 11.3 Å². The second-order valence-corrected chi connectivity index (χ2v) is 9.18. The van der Waals surface area contributed by atoms with Crippen LogP contribution in [0.5, 0.6) is 0 Å². The van der Waals surface area contributed by atoms with Gasteiger partial charge in [-0.25, -0.2) is 4.98 Å². The van der Waals surface area contributed by atoms with Gasteiger partial charge < -0.3 is 10.6 Å². The molecule has 0 bridgehead atoms. The maximum Gasteiger partial charge on any atom is 0.223 e. The van der Waals surface area contributed by atoms with Crippen molar-refractivity contribution < 1.29 is 4.79 Å². The van der Waals surface area contributed by atoms with Crippen molar-refractivity contribution in [3.63, 3.8) is 0 Å². The van der Waals surface area contributed by atoms with E-state index in [1.54, 1.807) is 0 Å². The van der Waals surface area contributed by atoms with Crippen LogP contribution in [0.2, 0.25) is 0 Å². The molecule has 2 aromatic rings. The molecule has 2 fully saturated rings. The number of para-hydroxylation sites is 1. The number of aromatic nitrogens is 1. The largest absolute Gasteiger partial charge is 0.343 e. The highest BCUT2D eigenvalue weighted by atomic mass is 32.1. The number of hydrogen-bond donors (Lipinski definition) is 1. The first-order valence-electron chi connectivity index (χ1n) is 10.0. The van der Waals surface area contributed by atoms with Gasteiger partial charge in [0.15, 0.2) is 0 Å². The summed E-state index contributed by atoms with van der Waals surface area (Å²) in [6.45, 7) is 2.38. The first-order chi connectivity index (χ1) is 12.7. The summed E-state index contributed by atoms with van der Waals surface area (Å²) in [7, 11) is 0. The van der Waals surface area contributed by atoms with Crippen LogP contribution in [0.25, 0.3) is 10.2 Å². The lowest BCUT2D eigenvalue weighted by molar-refractivity contribution is -0.135. The summed E-state index contributed by atoms with van der Waals surface area (Å²) >= 11 is 1.81. The molecule has 1 aliphatic heterocycles. The van der Waals surface area contributed by atoms with Crippen LogP contribution in [0, 0.1) is 5.41 Å². The lowest BCUT2D eigenvalue weighted by atomic mass is 9.71. The van der Waals surface area contributed by atoms with Crippen LogP contribution in [-0.2, 0) is 4.79 Å². The number of fused-ring (bicyclic) bond motifs is 1. The predicted molar refractivity (Wildman–Crippen MR) is 107 cm³/mol. The Bertz CT molecular complexity index is 724. The van der Waals surface area contributed by atoms with Crippen LogP contribution in [0.1, 0.15) is 62.3 Å². The van der Waals surface area contributed by atoms with E-state index in [2.05, 4.69) is 23.1 Å². The number of carbonyl (C=O) groups excluding carboxylic acids is 1. The number of benzene rings is 1. The molecule has 0 spiro atoms. The minimum Gasteiger partial charge on any atom is -0.343 e. The Hall–Kier alpha value is -1.46. The molecule has 1 aromatic heterocycles. The number of rotatable bonds is 4. The molecule has 1 saturated carbocycles. The number of piperidine rings is 1. The fourth-order valence-electron chi connectivity index (χ4n) is 4.63. The molecule has 4 nitrogen and oxygen atoms in total. The van der Waals surface area contributed by atoms with Gasteiger partial charge in [-0.05, 0) is 49.8 Å². The fourth-order valence-corrected chi connectivity index (χ4v) is 5.76. The third-order valence-corrected chi connectivity index (χ3v) is 7.58. The van der Waals surface area contributed by atoms with E-state index < -0.39 is 0 Å². The summed E-state index contributed by atoms with van der Waals surface area (Å²) < 4.78 is 1.27. The van der Waals surface area contributed by atoms with Crippen molar-refractivity contribution in [3.05, 3.63) is 29.3 Å². The Morgan fingerprint density at radius 3 is 2.62 bits per heavy atom. The zero-order valence-corrected chi connectivity index (χ0v) is 16.3. The Morgan fingerprint density at radius 2 is 1.92 bits per heavy atom. The monoisotopic (exact) mass is 371 g/mol. The summed E-state index contributed by atoms with van der Waals surface area (Å²) in [6, 6.07) is 8.35. The second-order valence-electron chi connectivity index (χ2n) is 8.12. The number of hydrogen-bond acceptors (Lipinski definition) is 4. The number of amides is 1. The predicted octanol–water partition coefficient (Wildman–Crippen LogP) is 4.30. The van der Waals surface area contributed by atoms with Crippen LogP contribution < -0.4 is 5.73 Å². The Balaban J connectivity index is 1.36. The summed E-state index contributed by atoms with van der Waals surface area (Å²) in [4.78, 5) is 19.8. The first-order valence-corrected chi connectivity index (χ1v) is 10.8. The maximum atomic E-state index is 12.9. The van der Waals surface area contributed by atoms with E-state index in [4.69, 9.17) is 10.7 Å². The topological polar surface area (TPSA) is 59.2 Å². The van der Waals surface area contributed by atoms with Gasteiger partial charge in [-0.1, -0.05) is 31.4 Å². The molecule has 26 heavy (non-hydrogen) atoms. The van der Waals surface area contributed by atoms with Crippen LogP contribution in [0.3, 0.4) is 0 Å². The van der Waals surface area contributed by atoms with E-state index in [-0.39, 0.29) is 5.41 Å². The van der Waals surface area contributed by atoms with Crippen molar-refractivity contribution in [1.29, 1.82) is 0 Å². The third kappa shape index (κ3) is 3.65. The summed E-state index contributed by atoms with van der Waals surface area (Å²) in [5.74, 6) is 0.815. The van der Waals surface area contributed by atoms with Gasteiger partial charge in [-0.3, -0.25) is 4.79 Å². The lowest BCUT2D eigenvalue weighted by Crippen LogP contribution is -2.43. The lowest BCUT2D eigenvalue weighted by Gasteiger charge is -2.38. The molecule has 0 radical (unpaired) electrons. The maximum absolute atomic E-state index is 12.9. The molecule has 1 saturated heterocycles.